The second-order valence-electron chi connectivity index (χ2n) is 3.79. The van der Waals surface area contributed by atoms with Crippen molar-refractivity contribution in [1.82, 2.24) is 5.32 Å². The van der Waals surface area contributed by atoms with Gasteiger partial charge in [-0.05, 0) is 23.8 Å². The molecule has 0 aliphatic carbocycles. The minimum atomic E-state index is -0.230. The molecule has 0 bridgehead atoms. The van der Waals surface area contributed by atoms with Crippen LogP contribution in [0.25, 0.3) is 0 Å². The zero-order valence-electron chi connectivity index (χ0n) is 9.49. The van der Waals surface area contributed by atoms with Gasteiger partial charge in [0.1, 0.15) is 0 Å². The van der Waals surface area contributed by atoms with E-state index in [1.165, 1.54) is 0 Å². The monoisotopic (exact) mass is 279 g/mol. The van der Waals surface area contributed by atoms with E-state index in [1.807, 2.05) is 30.3 Å². The first-order valence-corrected chi connectivity index (χ1v) is 6.19. The number of hydrogen-bond donors (Lipinski definition) is 1. The third-order valence-electron chi connectivity index (χ3n) is 2.47. The van der Waals surface area contributed by atoms with E-state index in [0.717, 1.165) is 5.56 Å². The summed E-state index contributed by atoms with van der Waals surface area (Å²) in [7, 11) is 0. The number of carbonyl (C=O) groups is 1. The molecule has 0 aliphatic rings. The Kier molecular flexibility index (Phi) is 4.24. The fourth-order valence-corrected chi connectivity index (χ4v) is 1.92. The van der Waals surface area contributed by atoms with Crippen LogP contribution in [-0.4, -0.2) is 5.91 Å². The molecule has 0 spiro atoms. The minimum Gasteiger partial charge on any atom is -0.348 e. The summed E-state index contributed by atoms with van der Waals surface area (Å²) in [5, 5.41) is 3.68. The molecule has 0 heterocycles. The molecule has 0 fully saturated rings. The van der Waals surface area contributed by atoms with Gasteiger partial charge in [-0.2, -0.15) is 0 Å². The predicted molar refractivity (Wildman–Crippen MR) is 74.1 cm³/mol. The lowest BCUT2D eigenvalue weighted by atomic mass is 10.2. The van der Waals surface area contributed by atoms with E-state index in [0.29, 0.717) is 22.2 Å². The first-order chi connectivity index (χ1) is 8.66. The Labute approximate surface area is 116 Å². The van der Waals surface area contributed by atoms with Gasteiger partial charge in [0.25, 0.3) is 5.91 Å². The van der Waals surface area contributed by atoms with E-state index < -0.39 is 0 Å². The molecule has 0 saturated carbocycles. The summed E-state index contributed by atoms with van der Waals surface area (Å²) in [6, 6.07) is 14.5. The standard InChI is InChI=1S/C14H11Cl2NO/c15-11-6-7-13(16)12(8-11)14(18)17-9-10-4-2-1-3-5-10/h1-8H,9H2,(H,17,18). The molecule has 2 aromatic carbocycles. The van der Waals surface area contributed by atoms with Crippen molar-refractivity contribution in [2.45, 2.75) is 6.54 Å². The number of amides is 1. The topological polar surface area (TPSA) is 29.1 Å². The number of carbonyl (C=O) groups excluding carboxylic acids is 1. The summed E-state index contributed by atoms with van der Waals surface area (Å²) >= 11 is 11.8. The van der Waals surface area contributed by atoms with Crippen LogP contribution in [0, 0.1) is 0 Å². The normalized spacial score (nSPS) is 10.1. The molecular formula is C14H11Cl2NO. The second-order valence-corrected chi connectivity index (χ2v) is 4.64. The predicted octanol–water partition coefficient (Wildman–Crippen LogP) is 3.92. The number of hydrogen-bond acceptors (Lipinski definition) is 1. The molecule has 92 valence electrons. The number of rotatable bonds is 3. The first-order valence-electron chi connectivity index (χ1n) is 5.44. The third kappa shape index (κ3) is 3.25. The lowest BCUT2D eigenvalue weighted by Gasteiger charge is -2.07. The summed E-state index contributed by atoms with van der Waals surface area (Å²) in [5.74, 6) is -0.230. The van der Waals surface area contributed by atoms with Gasteiger partial charge in [0, 0.05) is 11.6 Å². The fraction of sp³-hybridized carbons (Fsp3) is 0.0714. The molecular weight excluding hydrogens is 269 g/mol. The molecule has 0 atom stereocenters. The Morgan fingerprint density at radius 2 is 1.78 bits per heavy atom. The van der Waals surface area contributed by atoms with Crippen LogP contribution < -0.4 is 5.32 Å². The van der Waals surface area contributed by atoms with Gasteiger partial charge in [0.2, 0.25) is 0 Å². The molecule has 0 aliphatic heterocycles. The van der Waals surface area contributed by atoms with Crippen LogP contribution in [0.4, 0.5) is 0 Å². The van der Waals surface area contributed by atoms with Gasteiger partial charge in [-0.3, -0.25) is 4.79 Å². The van der Waals surface area contributed by atoms with Gasteiger partial charge in [-0.25, -0.2) is 0 Å². The highest BCUT2D eigenvalue weighted by molar-refractivity contribution is 6.35. The molecule has 4 heteroatoms. The molecule has 2 nitrogen and oxygen atoms in total. The number of benzene rings is 2. The van der Waals surface area contributed by atoms with Crippen LogP contribution in [0.2, 0.25) is 10.0 Å². The summed E-state index contributed by atoms with van der Waals surface area (Å²) < 4.78 is 0. The van der Waals surface area contributed by atoms with Gasteiger partial charge in [-0.1, -0.05) is 53.5 Å². The van der Waals surface area contributed by atoms with Crippen molar-refractivity contribution in [2.24, 2.45) is 0 Å². The van der Waals surface area contributed by atoms with E-state index >= 15 is 0 Å². The van der Waals surface area contributed by atoms with Crippen molar-refractivity contribution < 1.29 is 4.79 Å². The lowest BCUT2D eigenvalue weighted by Crippen LogP contribution is -2.23. The maximum absolute atomic E-state index is 11.9. The average molecular weight is 280 g/mol. The van der Waals surface area contributed by atoms with E-state index in [-0.39, 0.29) is 5.91 Å². The fourth-order valence-electron chi connectivity index (χ4n) is 1.54. The summed E-state index contributed by atoms with van der Waals surface area (Å²) in [6.45, 7) is 0.461. The Balaban J connectivity index is 2.06. The van der Waals surface area contributed by atoms with Crippen LogP contribution in [0.5, 0.6) is 0 Å². The van der Waals surface area contributed by atoms with E-state index in [4.69, 9.17) is 23.2 Å². The third-order valence-corrected chi connectivity index (χ3v) is 3.03. The molecule has 0 saturated heterocycles. The van der Waals surface area contributed by atoms with Gasteiger partial charge < -0.3 is 5.32 Å². The smallest absolute Gasteiger partial charge is 0.253 e. The second kappa shape index (κ2) is 5.89. The highest BCUT2D eigenvalue weighted by Crippen LogP contribution is 2.20. The maximum atomic E-state index is 11.9. The highest BCUT2D eigenvalue weighted by atomic mass is 35.5. The largest absolute Gasteiger partial charge is 0.348 e. The van der Waals surface area contributed by atoms with Gasteiger partial charge in [-0.15, -0.1) is 0 Å². The van der Waals surface area contributed by atoms with Crippen LogP contribution in [0.15, 0.2) is 48.5 Å². The zero-order valence-corrected chi connectivity index (χ0v) is 11.0. The van der Waals surface area contributed by atoms with Crippen LogP contribution in [0.3, 0.4) is 0 Å². The molecule has 0 radical (unpaired) electrons. The van der Waals surface area contributed by atoms with Crippen molar-refractivity contribution in [1.29, 1.82) is 0 Å². The van der Waals surface area contributed by atoms with Gasteiger partial charge in [0.05, 0.1) is 10.6 Å². The Hall–Kier alpha value is -1.51. The Morgan fingerprint density at radius 1 is 1.06 bits per heavy atom. The highest BCUT2D eigenvalue weighted by Gasteiger charge is 2.10. The quantitative estimate of drug-likeness (QED) is 0.907. The van der Waals surface area contributed by atoms with Crippen LogP contribution in [0.1, 0.15) is 15.9 Å². The number of halogens is 2. The van der Waals surface area contributed by atoms with Crippen molar-refractivity contribution >= 4 is 29.1 Å². The average Bonchev–Trinajstić information content (AvgIpc) is 2.40. The Morgan fingerprint density at radius 3 is 2.50 bits per heavy atom. The summed E-state index contributed by atoms with van der Waals surface area (Å²) in [4.78, 5) is 11.9. The molecule has 2 aromatic rings. The maximum Gasteiger partial charge on any atom is 0.253 e. The lowest BCUT2D eigenvalue weighted by molar-refractivity contribution is 0.0951. The molecule has 2 rings (SSSR count). The van der Waals surface area contributed by atoms with Gasteiger partial charge >= 0.3 is 0 Å². The van der Waals surface area contributed by atoms with Gasteiger partial charge in [0.15, 0.2) is 0 Å². The molecule has 18 heavy (non-hydrogen) atoms. The summed E-state index contributed by atoms with van der Waals surface area (Å²) in [5.41, 5.74) is 1.42. The Bertz CT molecular complexity index is 555. The molecule has 0 aromatic heterocycles. The summed E-state index contributed by atoms with van der Waals surface area (Å²) in [6.07, 6.45) is 0. The molecule has 1 N–H and O–H groups in total. The van der Waals surface area contributed by atoms with Crippen molar-refractivity contribution in [3.8, 4) is 0 Å². The zero-order chi connectivity index (χ0) is 13.0. The van der Waals surface area contributed by atoms with E-state index in [9.17, 15) is 4.79 Å². The minimum absolute atomic E-state index is 0.230. The van der Waals surface area contributed by atoms with Crippen molar-refractivity contribution in [3.05, 3.63) is 69.7 Å². The van der Waals surface area contributed by atoms with Crippen molar-refractivity contribution in [3.63, 3.8) is 0 Å². The molecule has 1 amide bonds. The number of nitrogens with one attached hydrogen (secondary N) is 1. The van der Waals surface area contributed by atoms with E-state index in [2.05, 4.69) is 5.32 Å². The first kappa shape index (κ1) is 12.9. The van der Waals surface area contributed by atoms with Crippen molar-refractivity contribution in [2.75, 3.05) is 0 Å². The van der Waals surface area contributed by atoms with Crippen LogP contribution in [-0.2, 0) is 6.54 Å². The SMILES string of the molecule is O=C(NCc1ccccc1)c1cc(Cl)ccc1Cl. The molecule has 0 unspecified atom stereocenters. The van der Waals surface area contributed by atoms with E-state index in [1.54, 1.807) is 18.2 Å². The van der Waals surface area contributed by atoms with Crippen LogP contribution >= 0.6 is 23.2 Å².